The number of nitrogens with zero attached hydrogens (tertiary/aromatic N) is 4. The van der Waals surface area contributed by atoms with E-state index in [0.717, 1.165) is 6.21 Å². The molecule has 8 nitrogen and oxygen atoms in total. The SMILES string of the molecule is O=[N+]([O-])c1ccc(-c2nn(-c3ccc(Cl)c(Cl)c3)cc2C=NO)o1. The van der Waals surface area contributed by atoms with Crippen LogP contribution in [-0.2, 0) is 0 Å². The normalized spacial score (nSPS) is 11.2. The summed E-state index contributed by atoms with van der Waals surface area (Å²) in [6.45, 7) is 0. The molecule has 0 aliphatic rings. The van der Waals surface area contributed by atoms with Crippen LogP contribution < -0.4 is 0 Å². The Morgan fingerprint density at radius 3 is 2.71 bits per heavy atom. The molecule has 0 spiro atoms. The molecule has 2 aromatic heterocycles. The minimum Gasteiger partial charge on any atom is -0.411 e. The largest absolute Gasteiger partial charge is 0.433 e. The molecule has 24 heavy (non-hydrogen) atoms. The van der Waals surface area contributed by atoms with Crippen LogP contribution in [0.1, 0.15) is 5.56 Å². The molecular weight excluding hydrogens is 359 g/mol. The number of hydrogen-bond acceptors (Lipinski definition) is 6. The number of oxime groups is 1. The van der Waals surface area contributed by atoms with Gasteiger partial charge in [0.05, 0.1) is 28.0 Å². The summed E-state index contributed by atoms with van der Waals surface area (Å²) in [5.74, 6) is -0.253. The van der Waals surface area contributed by atoms with Crippen molar-refractivity contribution in [2.45, 2.75) is 0 Å². The van der Waals surface area contributed by atoms with E-state index in [9.17, 15) is 10.1 Å². The highest BCUT2D eigenvalue weighted by Crippen LogP contribution is 2.29. The topological polar surface area (TPSA) is 107 Å². The summed E-state index contributed by atoms with van der Waals surface area (Å²) in [6, 6.07) is 7.53. The summed E-state index contributed by atoms with van der Waals surface area (Å²) in [6.07, 6.45) is 2.70. The van der Waals surface area contributed by atoms with Crippen LogP contribution >= 0.6 is 23.2 Å². The Balaban J connectivity index is 2.10. The number of aromatic nitrogens is 2. The molecule has 0 radical (unpaired) electrons. The van der Waals surface area contributed by atoms with Crippen molar-refractivity contribution < 1.29 is 14.5 Å². The zero-order valence-electron chi connectivity index (χ0n) is 11.8. The van der Waals surface area contributed by atoms with Gasteiger partial charge in [0.25, 0.3) is 0 Å². The Bertz CT molecular complexity index is 948. The van der Waals surface area contributed by atoms with Crippen molar-refractivity contribution in [1.29, 1.82) is 0 Å². The summed E-state index contributed by atoms with van der Waals surface area (Å²) in [5, 5.41) is 27.6. The van der Waals surface area contributed by atoms with Gasteiger partial charge in [-0.05, 0) is 24.3 Å². The predicted octanol–water partition coefficient (Wildman–Crippen LogP) is 4.16. The average Bonchev–Trinajstić information content (AvgIpc) is 3.17. The van der Waals surface area contributed by atoms with Gasteiger partial charge in [0.2, 0.25) is 0 Å². The standard InChI is InChI=1S/C14H8Cl2N4O4/c15-10-2-1-9(5-11(10)16)19-7-8(6-17-21)14(18-19)12-3-4-13(24-12)20(22)23/h1-7,21H. The zero-order valence-corrected chi connectivity index (χ0v) is 13.3. The Morgan fingerprint density at radius 1 is 1.29 bits per heavy atom. The molecule has 0 aliphatic heterocycles. The molecule has 2 heterocycles. The lowest BCUT2D eigenvalue weighted by Crippen LogP contribution is -1.94. The highest BCUT2D eigenvalue weighted by Gasteiger charge is 2.19. The second-order valence-corrected chi connectivity index (χ2v) is 5.43. The highest BCUT2D eigenvalue weighted by molar-refractivity contribution is 6.42. The molecule has 0 aliphatic carbocycles. The van der Waals surface area contributed by atoms with Crippen LogP contribution in [0.2, 0.25) is 10.0 Å². The van der Waals surface area contributed by atoms with Crippen LogP contribution in [0.3, 0.4) is 0 Å². The van der Waals surface area contributed by atoms with E-state index in [4.69, 9.17) is 32.8 Å². The van der Waals surface area contributed by atoms with Gasteiger partial charge in [-0.25, -0.2) is 4.68 Å². The molecular formula is C14H8Cl2N4O4. The zero-order chi connectivity index (χ0) is 17.3. The maximum atomic E-state index is 10.7. The number of hydrogen-bond donors (Lipinski definition) is 1. The third kappa shape index (κ3) is 2.97. The van der Waals surface area contributed by atoms with Crippen LogP contribution in [0.4, 0.5) is 5.88 Å². The Morgan fingerprint density at radius 2 is 2.08 bits per heavy atom. The lowest BCUT2D eigenvalue weighted by atomic mass is 10.2. The fraction of sp³-hybridized carbons (Fsp3) is 0. The van der Waals surface area contributed by atoms with Crippen LogP contribution in [0.25, 0.3) is 17.1 Å². The number of benzene rings is 1. The molecule has 0 amide bonds. The molecule has 1 aromatic carbocycles. The Kier molecular flexibility index (Phi) is 4.24. The lowest BCUT2D eigenvalue weighted by Gasteiger charge is -2.02. The number of rotatable bonds is 4. The van der Waals surface area contributed by atoms with Crippen molar-refractivity contribution >= 4 is 35.3 Å². The molecule has 122 valence electrons. The van der Waals surface area contributed by atoms with E-state index in [0.29, 0.717) is 21.3 Å². The van der Waals surface area contributed by atoms with Crippen LogP contribution in [-0.4, -0.2) is 26.1 Å². The van der Waals surface area contributed by atoms with E-state index in [1.165, 1.54) is 16.8 Å². The van der Waals surface area contributed by atoms with Crippen molar-refractivity contribution in [2.24, 2.45) is 5.16 Å². The minimum atomic E-state index is -0.654. The quantitative estimate of drug-likeness (QED) is 0.323. The van der Waals surface area contributed by atoms with Gasteiger partial charge < -0.3 is 9.62 Å². The summed E-state index contributed by atoms with van der Waals surface area (Å²) in [7, 11) is 0. The molecule has 0 saturated heterocycles. The highest BCUT2D eigenvalue weighted by atomic mass is 35.5. The minimum absolute atomic E-state index is 0.162. The smallest absolute Gasteiger partial charge is 0.411 e. The molecule has 3 rings (SSSR count). The van der Waals surface area contributed by atoms with E-state index < -0.39 is 10.8 Å². The molecule has 0 fully saturated rings. The van der Waals surface area contributed by atoms with E-state index in [1.807, 2.05) is 0 Å². The molecule has 10 heteroatoms. The Hall–Kier alpha value is -2.84. The Labute approximate surface area is 144 Å². The summed E-state index contributed by atoms with van der Waals surface area (Å²) in [5.41, 5.74) is 1.27. The van der Waals surface area contributed by atoms with Gasteiger partial charge in [-0.1, -0.05) is 28.4 Å². The number of halogens is 2. The second kappa shape index (κ2) is 6.34. The van der Waals surface area contributed by atoms with Gasteiger partial charge in [0.15, 0.2) is 5.76 Å². The molecule has 0 unspecified atom stereocenters. The molecule has 1 N–H and O–H groups in total. The van der Waals surface area contributed by atoms with E-state index >= 15 is 0 Å². The first-order chi connectivity index (χ1) is 11.5. The van der Waals surface area contributed by atoms with Crippen molar-refractivity contribution in [1.82, 2.24) is 9.78 Å². The van der Waals surface area contributed by atoms with Crippen molar-refractivity contribution in [3.63, 3.8) is 0 Å². The maximum absolute atomic E-state index is 10.7. The van der Waals surface area contributed by atoms with Gasteiger partial charge in [0, 0.05) is 11.8 Å². The van der Waals surface area contributed by atoms with Crippen LogP contribution in [0.5, 0.6) is 0 Å². The molecule has 3 aromatic rings. The monoisotopic (exact) mass is 366 g/mol. The third-order valence-electron chi connectivity index (χ3n) is 3.11. The van der Waals surface area contributed by atoms with Gasteiger partial charge in [-0.15, -0.1) is 0 Å². The van der Waals surface area contributed by atoms with Crippen LogP contribution in [0, 0.1) is 10.1 Å². The second-order valence-electron chi connectivity index (χ2n) is 4.62. The maximum Gasteiger partial charge on any atom is 0.433 e. The lowest BCUT2D eigenvalue weighted by molar-refractivity contribution is -0.401. The fourth-order valence-corrected chi connectivity index (χ4v) is 2.34. The fourth-order valence-electron chi connectivity index (χ4n) is 2.05. The number of furan rings is 1. The van der Waals surface area contributed by atoms with Gasteiger partial charge >= 0.3 is 5.88 Å². The summed E-state index contributed by atoms with van der Waals surface area (Å²) in [4.78, 5) is 10.1. The average molecular weight is 367 g/mol. The van der Waals surface area contributed by atoms with E-state index in [1.54, 1.807) is 24.4 Å². The van der Waals surface area contributed by atoms with Gasteiger partial charge in [-0.2, -0.15) is 5.10 Å². The van der Waals surface area contributed by atoms with Gasteiger partial charge in [0.1, 0.15) is 10.6 Å². The predicted molar refractivity (Wildman–Crippen MR) is 87.3 cm³/mol. The third-order valence-corrected chi connectivity index (χ3v) is 3.85. The first-order valence-electron chi connectivity index (χ1n) is 6.46. The van der Waals surface area contributed by atoms with Crippen molar-refractivity contribution in [3.05, 3.63) is 62.3 Å². The van der Waals surface area contributed by atoms with Crippen molar-refractivity contribution in [3.8, 4) is 17.1 Å². The first kappa shape index (κ1) is 16.0. The van der Waals surface area contributed by atoms with Crippen LogP contribution in [0.15, 0.2) is 46.1 Å². The number of nitro groups is 1. The van der Waals surface area contributed by atoms with Gasteiger partial charge in [-0.3, -0.25) is 10.1 Å². The van der Waals surface area contributed by atoms with E-state index in [2.05, 4.69) is 10.3 Å². The molecule has 0 saturated carbocycles. The molecule has 0 atom stereocenters. The molecule has 0 bridgehead atoms. The summed E-state index contributed by atoms with van der Waals surface area (Å²) < 4.78 is 6.61. The van der Waals surface area contributed by atoms with E-state index in [-0.39, 0.29) is 11.5 Å². The summed E-state index contributed by atoms with van der Waals surface area (Å²) >= 11 is 11.9. The van der Waals surface area contributed by atoms with Crippen molar-refractivity contribution in [2.75, 3.05) is 0 Å². The first-order valence-corrected chi connectivity index (χ1v) is 7.22.